The quantitative estimate of drug-likeness (QED) is 0.736. The molecule has 0 saturated carbocycles. The van der Waals surface area contributed by atoms with E-state index in [1.54, 1.807) is 13.0 Å². The van der Waals surface area contributed by atoms with Crippen LogP contribution in [0.25, 0.3) is 0 Å². The van der Waals surface area contributed by atoms with Gasteiger partial charge in [-0.3, -0.25) is 0 Å². The Hall–Kier alpha value is -1.58. The minimum atomic E-state index is -0.360. The number of esters is 1. The van der Waals surface area contributed by atoms with Crippen LogP contribution in [0.5, 0.6) is 0 Å². The predicted molar refractivity (Wildman–Crippen MR) is 68.5 cm³/mol. The molecule has 0 bridgehead atoms. The number of aryl methyl sites for hydroxylation is 1. The number of anilines is 1. The van der Waals surface area contributed by atoms with E-state index in [1.807, 2.05) is 13.0 Å². The fourth-order valence-corrected chi connectivity index (χ4v) is 1.68. The van der Waals surface area contributed by atoms with E-state index in [2.05, 4.69) is 23.7 Å². The molecule has 0 amide bonds. The molecule has 0 fully saturated rings. The first-order valence-corrected chi connectivity index (χ1v) is 6.03. The largest absolute Gasteiger partial charge is 0.461 e. The Morgan fingerprint density at radius 3 is 2.47 bits per heavy atom. The van der Waals surface area contributed by atoms with Gasteiger partial charge in [0.2, 0.25) is 0 Å². The topological polar surface area (TPSA) is 42.4 Å². The number of aromatic nitrogens is 1. The molecule has 1 heterocycles. The van der Waals surface area contributed by atoms with E-state index >= 15 is 0 Å². The van der Waals surface area contributed by atoms with Gasteiger partial charge < -0.3 is 9.64 Å². The molecule has 0 unspecified atom stereocenters. The van der Waals surface area contributed by atoms with Gasteiger partial charge in [-0.15, -0.1) is 0 Å². The maximum atomic E-state index is 11.6. The van der Waals surface area contributed by atoms with Crippen LogP contribution >= 0.6 is 0 Å². The van der Waals surface area contributed by atoms with Gasteiger partial charge in [0, 0.05) is 13.1 Å². The minimum absolute atomic E-state index is 0.360. The van der Waals surface area contributed by atoms with Gasteiger partial charge in [0.1, 0.15) is 5.82 Å². The van der Waals surface area contributed by atoms with Crippen LogP contribution in [-0.4, -0.2) is 30.6 Å². The fourth-order valence-electron chi connectivity index (χ4n) is 1.68. The molecule has 17 heavy (non-hydrogen) atoms. The third-order valence-corrected chi connectivity index (χ3v) is 2.62. The molecule has 0 aliphatic heterocycles. The van der Waals surface area contributed by atoms with Gasteiger partial charge in [-0.25, -0.2) is 9.78 Å². The van der Waals surface area contributed by atoms with Gasteiger partial charge in [-0.1, -0.05) is 6.07 Å². The molecule has 0 aliphatic carbocycles. The van der Waals surface area contributed by atoms with Crippen LogP contribution in [0.15, 0.2) is 12.1 Å². The van der Waals surface area contributed by atoms with Crippen LogP contribution in [0.4, 0.5) is 5.82 Å². The van der Waals surface area contributed by atoms with Crippen molar-refractivity contribution in [2.75, 3.05) is 24.6 Å². The summed E-state index contributed by atoms with van der Waals surface area (Å²) in [5.74, 6) is 0.501. The number of pyridine rings is 1. The van der Waals surface area contributed by atoms with Crippen LogP contribution in [0, 0.1) is 6.92 Å². The number of hydrogen-bond donors (Lipinski definition) is 0. The molecule has 0 aromatic carbocycles. The Bertz CT molecular complexity index is 387. The van der Waals surface area contributed by atoms with Crippen LogP contribution in [0.2, 0.25) is 0 Å². The molecule has 0 atom stereocenters. The van der Waals surface area contributed by atoms with E-state index in [1.165, 1.54) is 0 Å². The third-order valence-electron chi connectivity index (χ3n) is 2.62. The molecule has 0 spiro atoms. The predicted octanol–water partition coefficient (Wildman–Crippen LogP) is 2.41. The first-order chi connectivity index (χ1) is 8.13. The summed E-state index contributed by atoms with van der Waals surface area (Å²) in [6.07, 6.45) is 0. The molecule has 1 rings (SSSR count). The van der Waals surface area contributed by atoms with E-state index in [9.17, 15) is 4.79 Å². The highest BCUT2D eigenvalue weighted by molar-refractivity contribution is 5.87. The summed E-state index contributed by atoms with van der Waals surface area (Å²) in [6, 6.07) is 3.62. The Labute approximate surface area is 103 Å². The monoisotopic (exact) mass is 236 g/mol. The first-order valence-electron chi connectivity index (χ1n) is 6.03. The summed E-state index contributed by atoms with van der Waals surface area (Å²) in [6.45, 7) is 10.0. The van der Waals surface area contributed by atoms with Crippen molar-refractivity contribution in [3.8, 4) is 0 Å². The zero-order chi connectivity index (χ0) is 12.8. The van der Waals surface area contributed by atoms with E-state index in [-0.39, 0.29) is 5.97 Å². The van der Waals surface area contributed by atoms with Crippen LogP contribution < -0.4 is 4.90 Å². The Balaban J connectivity index is 3.05. The van der Waals surface area contributed by atoms with Gasteiger partial charge >= 0.3 is 5.97 Å². The van der Waals surface area contributed by atoms with Crippen LogP contribution in [0.1, 0.15) is 36.8 Å². The molecule has 4 nitrogen and oxygen atoms in total. The van der Waals surface area contributed by atoms with Gasteiger partial charge in [0.15, 0.2) is 5.69 Å². The summed E-state index contributed by atoms with van der Waals surface area (Å²) < 4.78 is 4.95. The number of carbonyl (C=O) groups excluding carboxylic acids is 1. The van der Waals surface area contributed by atoms with E-state index in [4.69, 9.17) is 4.74 Å². The molecule has 4 heteroatoms. The lowest BCUT2D eigenvalue weighted by atomic mass is 10.2. The van der Waals surface area contributed by atoms with Crippen molar-refractivity contribution in [3.05, 3.63) is 23.4 Å². The highest BCUT2D eigenvalue weighted by Crippen LogP contribution is 2.17. The summed E-state index contributed by atoms with van der Waals surface area (Å²) in [5.41, 5.74) is 1.45. The van der Waals surface area contributed by atoms with Crippen molar-refractivity contribution >= 4 is 11.8 Å². The Morgan fingerprint density at radius 2 is 1.94 bits per heavy atom. The highest BCUT2D eigenvalue weighted by atomic mass is 16.5. The SMILES string of the molecule is CCOC(=O)c1ccc(C)c(N(CC)CC)n1. The van der Waals surface area contributed by atoms with Gasteiger partial charge in [0.25, 0.3) is 0 Å². The summed E-state index contributed by atoms with van der Waals surface area (Å²) in [5, 5.41) is 0. The third kappa shape index (κ3) is 3.19. The average molecular weight is 236 g/mol. The van der Waals surface area contributed by atoms with Gasteiger partial charge in [-0.05, 0) is 39.3 Å². The van der Waals surface area contributed by atoms with Crippen LogP contribution in [0.3, 0.4) is 0 Å². The summed E-state index contributed by atoms with van der Waals surface area (Å²) in [4.78, 5) is 18.1. The van der Waals surface area contributed by atoms with Gasteiger partial charge in [-0.2, -0.15) is 0 Å². The molecular weight excluding hydrogens is 216 g/mol. The lowest BCUT2D eigenvalue weighted by molar-refractivity contribution is 0.0519. The lowest BCUT2D eigenvalue weighted by Crippen LogP contribution is -2.24. The van der Waals surface area contributed by atoms with Crippen molar-refractivity contribution in [1.29, 1.82) is 0 Å². The fraction of sp³-hybridized carbons (Fsp3) is 0.538. The lowest BCUT2D eigenvalue weighted by Gasteiger charge is -2.22. The number of hydrogen-bond acceptors (Lipinski definition) is 4. The number of nitrogens with zero attached hydrogens (tertiary/aromatic N) is 2. The summed E-state index contributed by atoms with van der Waals surface area (Å²) >= 11 is 0. The zero-order valence-corrected chi connectivity index (χ0v) is 11.0. The van der Waals surface area contributed by atoms with E-state index < -0.39 is 0 Å². The second-order valence-corrected chi connectivity index (χ2v) is 3.73. The van der Waals surface area contributed by atoms with Crippen molar-refractivity contribution in [1.82, 2.24) is 4.98 Å². The average Bonchev–Trinajstić information content (AvgIpc) is 2.33. The molecule has 1 aromatic rings. The molecule has 1 aromatic heterocycles. The molecule has 0 aliphatic rings. The van der Waals surface area contributed by atoms with Crippen LogP contribution in [-0.2, 0) is 4.74 Å². The molecule has 94 valence electrons. The van der Waals surface area contributed by atoms with E-state index in [0.717, 1.165) is 24.5 Å². The molecule has 0 N–H and O–H groups in total. The smallest absolute Gasteiger partial charge is 0.356 e. The number of carbonyl (C=O) groups is 1. The number of ether oxygens (including phenoxy) is 1. The molecule has 0 radical (unpaired) electrons. The maximum Gasteiger partial charge on any atom is 0.356 e. The van der Waals surface area contributed by atoms with Gasteiger partial charge in [0.05, 0.1) is 6.61 Å². The van der Waals surface area contributed by atoms with Crippen molar-refractivity contribution in [2.45, 2.75) is 27.7 Å². The Morgan fingerprint density at radius 1 is 1.29 bits per heavy atom. The molecular formula is C13H20N2O2. The highest BCUT2D eigenvalue weighted by Gasteiger charge is 2.13. The Kier molecular flexibility index (Phi) is 4.94. The first kappa shape index (κ1) is 13.5. The second kappa shape index (κ2) is 6.23. The zero-order valence-electron chi connectivity index (χ0n) is 11.0. The summed E-state index contributed by atoms with van der Waals surface area (Å²) in [7, 11) is 0. The number of rotatable bonds is 5. The normalized spacial score (nSPS) is 10.1. The minimum Gasteiger partial charge on any atom is -0.461 e. The standard InChI is InChI=1S/C13H20N2O2/c1-5-15(6-2)12-10(4)8-9-11(14-12)13(16)17-7-3/h8-9H,5-7H2,1-4H3. The maximum absolute atomic E-state index is 11.6. The van der Waals surface area contributed by atoms with Crippen molar-refractivity contribution in [2.24, 2.45) is 0 Å². The second-order valence-electron chi connectivity index (χ2n) is 3.73. The van der Waals surface area contributed by atoms with Crippen molar-refractivity contribution in [3.63, 3.8) is 0 Å². The van der Waals surface area contributed by atoms with E-state index in [0.29, 0.717) is 12.3 Å². The molecule has 0 saturated heterocycles. The van der Waals surface area contributed by atoms with Crippen molar-refractivity contribution < 1.29 is 9.53 Å².